The second kappa shape index (κ2) is 6.46. The zero-order chi connectivity index (χ0) is 12.9. The molecule has 98 valence electrons. The number of nitrogens with one attached hydrogen (secondary N) is 1. The molecule has 0 atom stereocenters. The number of hydrogen-bond acceptors (Lipinski definition) is 5. The summed E-state index contributed by atoms with van der Waals surface area (Å²) in [5.41, 5.74) is 0.665. The Balaban J connectivity index is 2.78. The molecule has 0 radical (unpaired) electrons. The van der Waals surface area contributed by atoms with E-state index in [0.717, 1.165) is 0 Å². The maximum absolute atomic E-state index is 12.0. The van der Waals surface area contributed by atoms with Gasteiger partial charge in [-0.1, -0.05) is 0 Å². The third-order valence-corrected chi connectivity index (χ3v) is 5.13. The first kappa shape index (κ1) is 14.6. The van der Waals surface area contributed by atoms with Gasteiger partial charge in [0.25, 0.3) is 0 Å². The van der Waals surface area contributed by atoms with Crippen molar-refractivity contribution < 1.29 is 18.3 Å². The molecule has 0 saturated carbocycles. The molecule has 0 aromatic carbocycles. The lowest BCUT2D eigenvalue weighted by Gasteiger charge is -2.07. The minimum absolute atomic E-state index is 0.211. The van der Waals surface area contributed by atoms with Crippen LogP contribution in [0.3, 0.4) is 0 Å². The van der Waals surface area contributed by atoms with E-state index in [1.807, 2.05) is 0 Å². The highest BCUT2D eigenvalue weighted by Crippen LogP contribution is 2.26. The van der Waals surface area contributed by atoms with E-state index >= 15 is 0 Å². The molecule has 0 amide bonds. The Morgan fingerprint density at radius 1 is 1.53 bits per heavy atom. The standard InChI is InChI=1S/C10H17NO4S2/c1-8-7-16-9(6-12)10(8)17(13,14)11-4-3-5-15-2/h7,11-12H,3-6H2,1-2H3. The Morgan fingerprint density at radius 2 is 2.24 bits per heavy atom. The van der Waals surface area contributed by atoms with Crippen LogP contribution in [0.5, 0.6) is 0 Å². The van der Waals surface area contributed by atoms with Crippen LogP contribution in [0.25, 0.3) is 0 Å². The molecule has 0 unspecified atom stereocenters. The van der Waals surface area contributed by atoms with Crippen LogP contribution in [0.2, 0.25) is 0 Å². The van der Waals surface area contributed by atoms with E-state index in [2.05, 4.69) is 4.72 Å². The smallest absolute Gasteiger partial charge is 0.242 e. The fourth-order valence-corrected chi connectivity index (χ4v) is 4.18. The summed E-state index contributed by atoms with van der Waals surface area (Å²) in [6.07, 6.45) is 0.618. The summed E-state index contributed by atoms with van der Waals surface area (Å²) in [7, 11) is -1.96. The molecule has 17 heavy (non-hydrogen) atoms. The van der Waals surface area contributed by atoms with Crippen molar-refractivity contribution in [3.8, 4) is 0 Å². The maximum Gasteiger partial charge on any atom is 0.242 e. The number of rotatable bonds is 7. The van der Waals surface area contributed by atoms with Crippen LogP contribution >= 0.6 is 11.3 Å². The molecule has 1 aromatic heterocycles. The van der Waals surface area contributed by atoms with Crippen LogP contribution in [0.4, 0.5) is 0 Å². The highest BCUT2D eigenvalue weighted by molar-refractivity contribution is 7.89. The average molecular weight is 279 g/mol. The minimum Gasteiger partial charge on any atom is -0.391 e. The Hall–Kier alpha value is -0.470. The van der Waals surface area contributed by atoms with Gasteiger partial charge >= 0.3 is 0 Å². The van der Waals surface area contributed by atoms with Gasteiger partial charge in [0.2, 0.25) is 10.0 Å². The molecule has 0 aliphatic heterocycles. The fourth-order valence-electron chi connectivity index (χ4n) is 1.45. The number of methoxy groups -OCH3 is 1. The minimum atomic E-state index is -3.53. The average Bonchev–Trinajstić information content (AvgIpc) is 2.66. The predicted molar refractivity (Wildman–Crippen MR) is 66.7 cm³/mol. The van der Waals surface area contributed by atoms with Crippen LogP contribution < -0.4 is 4.72 Å². The first-order chi connectivity index (χ1) is 8.03. The summed E-state index contributed by atoms with van der Waals surface area (Å²) in [5.74, 6) is 0. The van der Waals surface area contributed by atoms with Gasteiger partial charge in [0.05, 0.1) is 11.5 Å². The molecule has 0 bridgehead atoms. The Kier molecular flexibility index (Phi) is 5.54. The molecular formula is C10H17NO4S2. The summed E-state index contributed by atoms with van der Waals surface area (Å²) >= 11 is 1.25. The number of sulfonamides is 1. The van der Waals surface area contributed by atoms with Gasteiger partial charge in [0.15, 0.2) is 0 Å². The molecule has 1 rings (SSSR count). The lowest BCUT2D eigenvalue weighted by atomic mass is 10.3. The first-order valence-electron chi connectivity index (χ1n) is 5.19. The van der Waals surface area contributed by atoms with Crippen molar-refractivity contribution in [2.75, 3.05) is 20.3 Å². The molecule has 1 aromatic rings. The van der Waals surface area contributed by atoms with Crippen LogP contribution in [0, 0.1) is 6.92 Å². The fraction of sp³-hybridized carbons (Fsp3) is 0.600. The Labute approximate surface area is 105 Å². The van der Waals surface area contributed by atoms with Crippen molar-refractivity contribution in [3.05, 3.63) is 15.8 Å². The summed E-state index contributed by atoms with van der Waals surface area (Å²) in [5, 5.41) is 10.8. The lowest BCUT2D eigenvalue weighted by molar-refractivity contribution is 0.196. The highest BCUT2D eigenvalue weighted by Gasteiger charge is 2.21. The van der Waals surface area contributed by atoms with E-state index in [-0.39, 0.29) is 11.5 Å². The van der Waals surface area contributed by atoms with Crippen LogP contribution in [0.15, 0.2) is 10.3 Å². The van der Waals surface area contributed by atoms with Gasteiger partial charge in [-0.25, -0.2) is 13.1 Å². The van der Waals surface area contributed by atoms with E-state index in [4.69, 9.17) is 9.84 Å². The lowest BCUT2D eigenvalue weighted by Crippen LogP contribution is -2.26. The van der Waals surface area contributed by atoms with Gasteiger partial charge in [-0.15, -0.1) is 11.3 Å². The molecule has 0 aliphatic carbocycles. The third kappa shape index (κ3) is 3.75. The monoisotopic (exact) mass is 279 g/mol. The summed E-state index contributed by atoms with van der Waals surface area (Å²) in [4.78, 5) is 0.684. The number of ether oxygens (including phenoxy) is 1. The topological polar surface area (TPSA) is 75.6 Å². The zero-order valence-corrected chi connectivity index (χ0v) is 11.5. The predicted octanol–water partition coefficient (Wildman–Crippen LogP) is 0.864. The van der Waals surface area contributed by atoms with E-state index in [1.165, 1.54) is 11.3 Å². The number of thiophene rings is 1. The largest absolute Gasteiger partial charge is 0.391 e. The molecule has 5 nitrogen and oxygen atoms in total. The number of aliphatic hydroxyl groups is 1. The van der Waals surface area contributed by atoms with Crippen molar-refractivity contribution in [1.29, 1.82) is 0 Å². The van der Waals surface area contributed by atoms with Gasteiger partial charge in [-0.3, -0.25) is 0 Å². The molecule has 0 fully saturated rings. The molecule has 0 spiro atoms. The van der Waals surface area contributed by atoms with Crippen molar-refractivity contribution in [3.63, 3.8) is 0 Å². The first-order valence-corrected chi connectivity index (χ1v) is 7.55. The quantitative estimate of drug-likeness (QED) is 0.726. The van der Waals surface area contributed by atoms with Gasteiger partial charge in [-0.2, -0.15) is 0 Å². The van der Waals surface area contributed by atoms with Gasteiger partial charge in [-0.05, 0) is 24.3 Å². The van der Waals surface area contributed by atoms with E-state index in [1.54, 1.807) is 19.4 Å². The van der Waals surface area contributed by atoms with Gasteiger partial charge < -0.3 is 9.84 Å². The van der Waals surface area contributed by atoms with Crippen LogP contribution in [0.1, 0.15) is 16.9 Å². The molecule has 0 saturated heterocycles. The second-order valence-corrected chi connectivity index (χ2v) is 6.24. The number of aliphatic hydroxyl groups excluding tert-OH is 1. The number of aryl methyl sites for hydroxylation is 1. The molecule has 2 N–H and O–H groups in total. The Morgan fingerprint density at radius 3 is 2.82 bits per heavy atom. The summed E-state index contributed by atoms with van der Waals surface area (Å²) in [6.45, 7) is 2.31. The maximum atomic E-state index is 12.0. The van der Waals surface area contributed by atoms with Crippen molar-refractivity contribution in [2.24, 2.45) is 0 Å². The molecule has 7 heteroatoms. The van der Waals surface area contributed by atoms with Crippen LogP contribution in [-0.2, 0) is 21.4 Å². The zero-order valence-electron chi connectivity index (χ0n) is 9.89. The SMILES string of the molecule is COCCCNS(=O)(=O)c1c(C)csc1CO. The van der Waals surface area contributed by atoms with E-state index < -0.39 is 10.0 Å². The molecule has 1 heterocycles. The van der Waals surface area contributed by atoms with E-state index in [0.29, 0.717) is 30.0 Å². The number of hydrogen-bond donors (Lipinski definition) is 2. The summed E-state index contributed by atoms with van der Waals surface area (Å²) in [6, 6.07) is 0. The van der Waals surface area contributed by atoms with Crippen LogP contribution in [-0.4, -0.2) is 33.8 Å². The summed E-state index contributed by atoms with van der Waals surface area (Å²) < 4.78 is 31.3. The molecular weight excluding hydrogens is 262 g/mol. The van der Waals surface area contributed by atoms with Gasteiger partial charge in [0, 0.05) is 20.3 Å². The van der Waals surface area contributed by atoms with E-state index in [9.17, 15) is 8.42 Å². The normalized spacial score (nSPS) is 11.9. The molecule has 0 aliphatic rings. The van der Waals surface area contributed by atoms with Crippen molar-refractivity contribution in [1.82, 2.24) is 4.72 Å². The van der Waals surface area contributed by atoms with Gasteiger partial charge in [0.1, 0.15) is 4.90 Å². The highest BCUT2D eigenvalue weighted by atomic mass is 32.2. The third-order valence-electron chi connectivity index (χ3n) is 2.22. The van der Waals surface area contributed by atoms with Crippen molar-refractivity contribution in [2.45, 2.75) is 24.8 Å². The second-order valence-electron chi connectivity index (χ2n) is 3.57. The Bertz CT molecular complexity index is 453. The van der Waals surface area contributed by atoms with Crippen molar-refractivity contribution >= 4 is 21.4 Å².